The number of carbonyl (C=O) groups is 1. The van der Waals surface area contributed by atoms with E-state index in [-0.39, 0.29) is 10.6 Å². The molecule has 0 aromatic heterocycles. The molecule has 0 aliphatic heterocycles. The third-order valence-corrected chi connectivity index (χ3v) is 3.53. The highest BCUT2D eigenvalue weighted by Gasteiger charge is 2.24. The van der Waals surface area contributed by atoms with Gasteiger partial charge in [0.05, 0.1) is 4.90 Å². The smallest absolute Gasteiger partial charge is 0.322 e. The van der Waals surface area contributed by atoms with Crippen molar-refractivity contribution in [1.82, 2.24) is 0 Å². The molecular weight excluding hydrogens is 256 g/mol. The van der Waals surface area contributed by atoms with Crippen molar-refractivity contribution in [3.8, 4) is 5.75 Å². The number of hydrogen-bond acceptors (Lipinski definition) is 5. The number of carbonyl (C=O) groups excluding carboxylic acids is 1. The van der Waals surface area contributed by atoms with Gasteiger partial charge in [0.15, 0.2) is 15.6 Å². The minimum absolute atomic E-state index is 0.0221. The maximum atomic E-state index is 11.9. The third kappa shape index (κ3) is 4.37. The molecule has 18 heavy (non-hydrogen) atoms. The average Bonchev–Trinajstić information content (AvgIpc) is 2.13. The van der Waals surface area contributed by atoms with E-state index in [9.17, 15) is 13.2 Å². The van der Waals surface area contributed by atoms with Gasteiger partial charge >= 0.3 is 5.97 Å². The molecule has 0 aliphatic carbocycles. The number of ether oxygens (including phenoxy) is 1. The molecular formula is C12H16O5S. The molecule has 1 N–H and O–H groups in total. The third-order valence-electron chi connectivity index (χ3n) is 1.92. The summed E-state index contributed by atoms with van der Waals surface area (Å²) in [7, 11) is -3.73. The van der Waals surface area contributed by atoms with E-state index in [1.807, 2.05) is 0 Å². The van der Waals surface area contributed by atoms with E-state index in [0.29, 0.717) is 0 Å². The fraction of sp³-hybridized carbons (Fsp3) is 0.417. The van der Waals surface area contributed by atoms with E-state index in [4.69, 9.17) is 9.84 Å². The second-order valence-corrected chi connectivity index (χ2v) is 6.83. The van der Waals surface area contributed by atoms with Crippen molar-refractivity contribution < 1.29 is 23.1 Å². The van der Waals surface area contributed by atoms with Crippen molar-refractivity contribution in [1.29, 1.82) is 0 Å². The molecule has 100 valence electrons. The van der Waals surface area contributed by atoms with Crippen molar-refractivity contribution in [3.63, 3.8) is 0 Å². The average molecular weight is 272 g/mol. The lowest BCUT2D eigenvalue weighted by atomic mass is 10.2. The Kier molecular flexibility index (Phi) is 4.01. The fourth-order valence-electron chi connectivity index (χ4n) is 1.26. The van der Waals surface area contributed by atoms with Crippen LogP contribution < -0.4 is 0 Å². The van der Waals surface area contributed by atoms with Crippen LogP contribution in [-0.4, -0.2) is 30.8 Å². The topological polar surface area (TPSA) is 80.7 Å². The molecule has 0 amide bonds. The van der Waals surface area contributed by atoms with Crippen LogP contribution >= 0.6 is 0 Å². The van der Waals surface area contributed by atoms with Crippen LogP contribution in [0.1, 0.15) is 20.8 Å². The number of esters is 1. The Balaban J connectivity index is 2.83. The van der Waals surface area contributed by atoms with Gasteiger partial charge in [-0.3, -0.25) is 4.79 Å². The second kappa shape index (κ2) is 4.97. The molecule has 0 spiro atoms. The van der Waals surface area contributed by atoms with Gasteiger partial charge in [-0.05, 0) is 45.0 Å². The standard InChI is InChI=1S/C12H16O5S/c1-12(2,3)17-11(14)8-18(15,16)10-6-4-9(13)5-7-10/h4-7,13H,8H2,1-3H3. The van der Waals surface area contributed by atoms with Gasteiger partial charge in [0.25, 0.3) is 0 Å². The first-order valence-electron chi connectivity index (χ1n) is 5.34. The number of phenolic OH excluding ortho intramolecular Hbond substituents is 1. The Hall–Kier alpha value is -1.56. The Morgan fingerprint density at radius 3 is 2.17 bits per heavy atom. The van der Waals surface area contributed by atoms with E-state index in [1.54, 1.807) is 20.8 Å². The first kappa shape index (κ1) is 14.5. The maximum Gasteiger partial charge on any atom is 0.322 e. The predicted molar refractivity (Wildman–Crippen MR) is 66.0 cm³/mol. The van der Waals surface area contributed by atoms with Crippen LogP contribution in [0.2, 0.25) is 0 Å². The highest BCUT2D eigenvalue weighted by molar-refractivity contribution is 7.92. The zero-order valence-corrected chi connectivity index (χ0v) is 11.3. The molecule has 0 fully saturated rings. The summed E-state index contributed by atoms with van der Waals surface area (Å²) in [5, 5.41) is 9.07. The summed E-state index contributed by atoms with van der Waals surface area (Å²) in [4.78, 5) is 11.4. The number of sulfone groups is 1. The van der Waals surface area contributed by atoms with Crippen molar-refractivity contribution in [2.75, 3.05) is 5.75 Å². The minimum Gasteiger partial charge on any atom is -0.508 e. The largest absolute Gasteiger partial charge is 0.508 e. The lowest BCUT2D eigenvalue weighted by Gasteiger charge is -2.19. The van der Waals surface area contributed by atoms with Gasteiger partial charge < -0.3 is 9.84 Å². The lowest BCUT2D eigenvalue weighted by molar-refractivity contribution is -0.151. The zero-order chi connectivity index (χ0) is 14.0. The molecule has 0 atom stereocenters. The Bertz CT molecular complexity index is 523. The molecule has 1 aromatic rings. The highest BCUT2D eigenvalue weighted by atomic mass is 32.2. The highest BCUT2D eigenvalue weighted by Crippen LogP contribution is 2.17. The summed E-state index contributed by atoms with van der Waals surface area (Å²) in [6.07, 6.45) is 0. The number of aromatic hydroxyl groups is 1. The lowest BCUT2D eigenvalue weighted by Crippen LogP contribution is -2.28. The van der Waals surface area contributed by atoms with E-state index in [0.717, 1.165) is 0 Å². The van der Waals surface area contributed by atoms with Gasteiger partial charge in [0, 0.05) is 0 Å². The van der Waals surface area contributed by atoms with E-state index < -0.39 is 27.2 Å². The Morgan fingerprint density at radius 2 is 1.72 bits per heavy atom. The molecule has 0 saturated heterocycles. The molecule has 6 heteroatoms. The number of rotatable bonds is 3. The molecule has 0 aliphatic rings. The summed E-state index contributed by atoms with van der Waals surface area (Å²) >= 11 is 0. The summed E-state index contributed by atoms with van der Waals surface area (Å²) < 4.78 is 28.7. The van der Waals surface area contributed by atoms with Crippen LogP contribution in [-0.2, 0) is 19.4 Å². The molecule has 5 nitrogen and oxygen atoms in total. The molecule has 0 bridgehead atoms. The summed E-state index contributed by atoms with van der Waals surface area (Å²) in [5.74, 6) is -1.54. The van der Waals surface area contributed by atoms with Gasteiger partial charge in [0.2, 0.25) is 0 Å². The zero-order valence-electron chi connectivity index (χ0n) is 10.5. The molecule has 0 heterocycles. The SMILES string of the molecule is CC(C)(C)OC(=O)CS(=O)(=O)c1ccc(O)cc1. The van der Waals surface area contributed by atoms with Gasteiger partial charge in [-0.1, -0.05) is 0 Å². The Labute approximate surface area is 106 Å². The first-order valence-corrected chi connectivity index (χ1v) is 6.99. The van der Waals surface area contributed by atoms with Gasteiger partial charge in [-0.15, -0.1) is 0 Å². The Morgan fingerprint density at radius 1 is 1.22 bits per heavy atom. The van der Waals surface area contributed by atoms with E-state index in [2.05, 4.69) is 0 Å². The fourth-order valence-corrected chi connectivity index (χ4v) is 2.35. The van der Waals surface area contributed by atoms with Crippen LogP contribution in [0.3, 0.4) is 0 Å². The van der Waals surface area contributed by atoms with Crippen LogP contribution in [0.15, 0.2) is 29.2 Å². The van der Waals surface area contributed by atoms with Crippen molar-refractivity contribution in [2.45, 2.75) is 31.3 Å². The predicted octanol–water partition coefficient (Wildman–Crippen LogP) is 1.51. The second-order valence-electron chi connectivity index (χ2n) is 4.84. The van der Waals surface area contributed by atoms with Gasteiger partial charge in [-0.25, -0.2) is 8.42 Å². The summed E-state index contributed by atoms with van der Waals surface area (Å²) in [6, 6.07) is 4.99. The van der Waals surface area contributed by atoms with Crippen LogP contribution in [0.25, 0.3) is 0 Å². The number of phenols is 1. The quantitative estimate of drug-likeness (QED) is 0.843. The summed E-state index contributed by atoms with van der Waals surface area (Å²) in [6.45, 7) is 4.99. The van der Waals surface area contributed by atoms with Crippen molar-refractivity contribution in [3.05, 3.63) is 24.3 Å². The molecule has 0 saturated carbocycles. The normalized spacial score (nSPS) is 12.2. The van der Waals surface area contributed by atoms with Crippen LogP contribution in [0.5, 0.6) is 5.75 Å². The number of hydrogen-bond donors (Lipinski definition) is 1. The molecule has 1 rings (SSSR count). The van der Waals surface area contributed by atoms with Crippen molar-refractivity contribution >= 4 is 15.8 Å². The van der Waals surface area contributed by atoms with E-state index >= 15 is 0 Å². The van der Waals surface area contributed by atoms with Gasteiger partial charge in [-0.2, -0.15) is 0 Å². The first-order chi connectivity index (χ1) is 8.10. The summed E-state index contributed by atoms with van der Waals surface area (Å²) in [5.41, 5.74) is -0.721. The maximum absolute atomic E-state index is 11.9. The molecule has 1 aromatic carbocycles. The van der Waals surface area contributed by atoms with Gasteiger partial charge in [0.1, 0.15) is 11.4 Å². The van der Waals surface area contributed by atoms with Crippen LogP contribution in [0.4, 0.5) is 0 Å². The van der Waals surface area contributed by atoms with E-state index in [1.165, 1.54) is 24.3 Å². The molecule has 0 radical (unpaired) electrons. The minimum atomic E-state index is -3.73. The monoisotopic (exact) mass is 272 g/mol. The molecule has 0 unspecified atom stereocenters. The van der Waals surface area contributed by atoms with Crippen molar-refractivity contribution in [2.24, 2.45) is 0 Å². The number of benzene rings is 1. The van der Waals surface area contributed by atoms with Crippen LogP contribution in [0, 0.1) is 0 Å².